The second-order valence-electron chi connectivity index (χ2n) is 5.60. The van der Waals surface area contributed by atoms with E-state index in [0.29, 0.717) is 0 Å². The van der Waals surface area contributed by atoms with E-state index < -0.39 is 0 Å². The van der Waals surface area contributed by atoms with Gasteiger partial charge in [0, 0.05) is 31.6 Å². The average Bonchev–Trinajstić information content (AvgIpc) is 2.47. The van der Waals surface area contributed by atoms with E-state index in [1.807, 2.05) is 0 Å². The average molecular weight is 286 g/mol. The lowest BCUT2D eigenvalue weighted by atomic mass is 10.1. The molecule has 0 aliphatic carbocycles. The molecule has 0 amide bonds. The molecule has 21 heavy (non-hydrogen) atoms. The van der Waals surface area contributed by atoms with Gasteiger partial charge in [0.05, 0.1) is 0 Å². The number of rotatable bonds is 8. The molecule has 0 atom stereocenters. The van der Waals surface area contributed by atoms with Gasteiger partial charge in [-0.2, -0.15) is 0 Å². The van der Waals surface area contributed by atoms with Crippen LogP contribution in [0.3, 0.4) is 0 Å². The molecule has 0 spiro atoms. The first kappa shape index (κ1) is 17.5. The Kier molecular flexibility index (Phi) is 7.81. The van der Waals surface area contributed by atoms with Gasteiger partial charge in [0.25, 0.3) is 0 Å². The zero-order valence-electron chi connectivity index (χ0n) is 14.2. The first-order chi connectivity index (χ1) is 10.1. The van der Waals surface area contributed by atoms with Crippen LogP contribution in [-0.2, 0) is 6.42 Å². The number of hydrogen-bond acceptors (Lipinski definition) is 1. The van der Waals surface area contributed by atoms with Gasteiger partial charge in [-0.3, -0.25) is 0 Å². The summed E-state index contributed by atoms with van der Waals surface area (Å²) >= 11 is 0. The lowest BCUT2D eigenvalue weighted by Crippen LogP contribution is -2.32. The molecular weight excluding hydrogens is 256 g/mol. The van der Waals surface area contributed by atoms with Crippen molar-refractivity contribution in [3.63, 3.8) is 0 Å². The van der Waals surface area contributed by atoms with Crippen molar-refractivity contribution in [3.05, 3.63) is 47.7 Å². The van der Waals surface area contributed by atoms with Crippen LogP contribution in [0.15, 0.2) is 41.5 Å². The zero-order valence-corrected chi connectivity index (χ0v) is 14.2. The van der Waals surface area contributed by atoms with Crippen molar-refractivity contribution < 1.29 is 0 Å². The Morgan fingerprint density at radius 2 is 1.62 bits per heavy atom. The van der Waals surface area contributed by atoms with Gasteiger partial charge >= 0.3 is 0 Å². The second kappa shape index (κ2) is 9.38. The molecule has 1 aromatic carbocycles. The Morgan fingerprint density at radius 1 is 1.05 bits per heavy atom. The van der Waals surface area contributed by atoms with Crippen molar-refractivity contribution in [1.82, 2.24) is 4.90 Å². The highest BCUT2D eigenvalue weighted by Gasteiger charge is 2.08. The molecule has 1 aromatic rings. The first-order valence-electron chi connectivity index (χ1n) is 8.16. The van der Waals surface area contributed by atoms with E-state index in [9.17, 15) is 0 Å². The quantitative estimate of drug-likeness (QED) is 0.486. The van der Waals surface area contributed by atoms with Crippen molar-refractivity contribution in [2.75, 3.05) is 13.1 Å². The van der Waals surface area contributed by atoms with Crippen LogP contribution in [0, 0.1) is 6.92 Å². The predicted octanol–water partition coefficient (Wildman–Crippen LogP) is 4.98. The largest absolute Gasteiger partial charge is 0.360 e. The van der Waals surface area contributed by atoms with Crippen LogP contribution in [0.5, 0.6) is 0 Å². The molecule has 0 aliphatic heterocycles. The van der Waals surface area contributed by atoms with Crippen molar-refractivity contribution in [3.8, 4) is 0 Å². The van der Waals surface area contributed by atoms with Crippen LogP contribution >= 0.6 is 0 Å². The maximum Gasteiger partial charge on any atom is 0.104 e. The number of nitrogens with zero attached hydrogens (tertiary/aromatic N) is 2. The molecule has 0 aromatic heterocycles. The zero-order chi connectivity index (χ0) is 15.7. The molecule has 2 heteroatoms. The molecule has 1 rings (SSSR count). The van der Waals surface area contributed by atoms with E-state index in [1.165, 1.54) is 17.0 Å². The Bertz CT molecular complexity index is 451. The lowest BCUT2D eigenvalue weighted by Gasteiger charge is -2.25. The van der Waals surface area contributed by atoms with Crippen molar-refractivity contribution in [2.24, 2.45) is 4.99 Å². The molecule has 0 aliphatic rings. The first-order valence-corrected chi connectivity index (χ1v) is 8.16. The molecule has 2 nitrogen and oxygen atoms in total. The van der Waals surface area contributed by atoms with Gasteiger partial charge in [-0.1, -0.05) is 57.2 Å². The van der Waals surface area contributed by atoms with E-state index in [4.69, 9.17) is 4.99 Å². The van der Waals surface area contributed by atoms with Crippen LogP contribution < -0.4 is 0 Å². The van der Waals surface area contributed by atoms with Crippen LogP contribution in [-0.4, -0.2) is 23.8 Å². The number of hydrogen-bond donors (Lipinski definition) is 0. The molecule has 0 fully saturated rings. The summed E-state index contributed by atoms with van der Waals surface area (Å²) in [6.07, 6.45) is 4.11. The maximum absolute atomic E-state index is 4.80. The fraction of sp³-hybridized carbons (Fsp3) is 0.526. The summed E-state index contributed by atoms with van der Waals surface area (Å²) in [5.41, 5.74) is 3.52. The van der Waals surface area contributed by atoms with Crippen molar-refractivity contribution in [1.29, 1.82) is 0 Å². The molecule has 116 valence electrons. The highest BCUT2D eigenvalue weighted by atomic mass is 15.2. The van der Waals surface area contributed by atoms with Gasteiger partial charge in [-0.25, -0.2) is 4.99 Å². The van der Waals surface area contributed by atoms with Gasteiger partial charge in [0.15, 0.2) is 0 Å². The maximum atomic E-state index is 4.80. The summed E-state index contributed by atoms with van der Waals surface area (Å²) in [6.45, 7) is 15.0. The normalized spacial score (nSPS) is 11.5. The molecule has 0 radical (unpaired) electrons. The lowest BCUT2D eigenvalue weighted by molar-refractivity contribution is 0.409. The Morgan fingerprint density at radius 3 is 2.10 bits per heavy atom. The van der Waals surface area contributed by atoms with Crippen molar-refractivity contribution in [2.45, 2.75) is 53.4 Å². The highest BCUT2D eigenvalue weighted by molar-refractivity contribution is 5.83. The molecule has 0 saturated heterocycles. The van der Waals surface area contributed by atoms with Crippen molar-refractivity contribution >= 4 is 5.84 Å². The number of amidine groups is 1. The third kappa shape index (κ3) is 6.16. The van der Waals surface area contributed by atoms with Gasteiger partial charge in [0.1, 0.15) is 5.84 Å². The van der Waals surface area contributed by atoms with Crippen LogP contribution in [0.4, 0.5) is 0 Å². The molecule has 0 N–H and O–H groups in total. The number of aryl methyl sites for hydroxylation is 1. The number of allylic oxidation sites excluding steroid dienone is 1. The summed E-state index contributed by atoms with van der Waals surface area (Å²) in [5.74, 6) is 1.18. The molecular formula is C19H30N2. The smallest absolute Gasteiger partial charge is 0.104 e. The van der Waals surface area contributed by atoms with Crippen LogP contribution in [0.1, 0.15) is 51.2 Å². The molecule has 0 bridgehead atoms. The summed E-state index contributed by atoms with van der Waals surface area (Å²) in [5, 5.41) is 0. The van der Waals surface area contributed by atoms with E-state index in [1.54, 1.807) is 0 Å². The van der Waals surface area contributed by atoms with E-state index >= 15 is 0 Å². The summed E-state index contributed by atoms with van der Waals surface area (Å²) in [6, 6.07) is 8.62. The SMILES string of the molecule is C=C(Cc1ccc(C)cc1)N=C(CC)N(CCC)CCC. The Labute approximate surface area is 130 Å². The molecule has 0 unspecified atom stereocenters. The Hall–Kier alpha value is -1.57. The number of aliphatic imine (C=N–C) groups is 1. The summed E-state index contributed by atoms with van der Waals surface area (Å²) in [7, 11) is 0. The minimum atomic E-state index is 0.829. The second-order valence-corrected chi connectivity index (χ2v) is 5.60. The monoisotopic (exact) mass is 286 g/mol. The summed E-state index contributed by atoms with van der Waals surface area (Å²) in [4.78, 5) is 7.20. The van der Waals surface area contributed by atoms with Gasteiger partial charge in [-0.05, 0) is 25.3 Å². The number of benzene rings is 1. The van der Waals surface area contributed by atoms with E-state index in [0.717, 1.165) is 44.5 Å². The van der Waals surface area contributed by atoms with Gasteiger partial charge in [0.2, 0.25) is 0 Å². The Balaban J connectivity index is 2.75. The standard InChI is InChI=1S/C19H30N2/c1-6-13-21(14-7-2)19(8-3)20-17(5)15-18-11-9-16(4)10-12-18/h9-12H,5-8,13-15H2,1-4H3. The van der Waals surface area contributed by atoms with Crippen LogP contribution in [0.2, 0.25) is 0 Å². The fourth-order valence-electron chi connectivity index (χ4n) is 2.45. The van der Waals surface area contributed by atoms with E-state index in [2.05, 4.69) is 63.4 Å². The summed E-state index contributed by atoms with van der Waals surface area (Å²) < 4.78 is 0. The van der Waals surface area contributed by atoms with Crippen LogP contribution in [0.25, 0.3) is 0 Å². The van der Waals surface area contributed by atoms with E-state index in [-0.39, 0.29) is 0 Å². The topological polar surface area (TPSA) is 15.6 Å². The third-order valence-electron chi connectivity index (χ3n) is 3.48. The van der Waals surface area contributed by atoms with Gasteiger partial charge in [-0.15, -0.1) is 0 Å². The predicted molar refractivity (Wildman–Crippen MR) is 93.9 cm³/mol. The fourth-order valence-corrected chi connectivity index (χ4v) is 2.45. The molecule has 0 heterocycles. The molecule has 0 saturated carbocycles. The highest BCUT2D eigenvalue weighted by Crippen LogP contribution is 2.11. The minimum Gasteiger partial charge on any atom is -0.360 e. The van der Waals surface area contributed by atoms with Gasteiger partial charge < -0.3 is 4.90 Å². The minimum absolute atomic E-state index is 0.829. The third-order valence-corrected chi connectivity index (χ3v) is 3.48.